The quantitative estimate of drug-likeness (QED) is 0.829. The van der Waals surface area contributed by atoms with Gasteiger partial charge in [0.05, 0.1) is 0 Å². The van der Waals surface area contributed by atoms with Gasteiger partial charge in [0.15, 0.2) is 0 Å². The Morgan fingerprint density at radius 1 is 1.64 bits per heavy atom. The zero-order valence-corrected chi connectivity index (χ0v) is 9.36. The molecule has 0 aliphatic heterocycles. The number of nitrogens with two attached hydrogens (primary N) is 1. The van der Waals surface area contributed by atoms with E-state index in [1.807, 2.05) is 22.6 Å². The molecule has 0 saturated heterocycles. The van der Waals surface area contributed by atoms with Crippen LogP contribution in [0, 0.1) is 9.39 Å². The number of halogens is 2. The molecule has 0 spiro atoms. The minimum Gasteiger partial charge on any atom is -0.480 e. The summed E-state index contributed by atoms with van der Waals surface area (Å²) in [5, 5.41) is 8.57. The van der Waals surface area contributed by atoms with Crippen molar-refractivity contribution in [2.24, 2.45) is 5.73 Å². The predicted octanol–water partition coefficient (Wildman–Crippen LogP) is 1.38. The number of hydrogen-bond donors (Lipinski definition) is 2. The molecule has 0 amide bonds. The van der Waals surface area contributed by atoms with E-state index in [0.717, 1.165) is 5.56 Å². The van der Waals surface area contributed by atoms with E-state index < -0.39 is 12.0 Å². The first kappa shape index (κ1) is 11.4. The monoisotopic (exact) mass is 309 g/mol. The van der Waals surface area contributed by atoms with E-state index in [1.165, 1.54) is 6.07 Å². The Balaban J connectivity index is 2.78. The molecule has 0 bridgehead atoms. The first-order valence-corrected chi connectivity index (χ1v) is 5.01. The van der Waals surface area contributed by atoms with Gasteiger partial charge in [0, 0.05) is 3.57 Å². The van der Waals surface area contributed by atoms with Gasteiger partial charge in [0.25, 0.3) is 0 Å². The second-order valence-corrected chi connectivity index (χ2v) is 4.06. The van der Waals surface area contributed by atoms with Crippen LogP contribution < -0.4 is 5.73 Å². The Kier molecular flexibility index (Phi) is 3.82. The molecule has 14 heavy (non-hydrogen) atoms. The van der Waals surface area contributed by atoms with Gasteiger partial charge < -0.3 is 10.8 Å². The number of carboxylic acid groups (broad SMARTS) is 1. The number of carboxylic acids is 1. The Labute approximate surface area is 94.2 Å². The lowest BCUT2D eigenvalue weighted by Crippen LogP contribution is -2.32. The second kappa shape index (κ2) is 4.70. The third kappa shape index (κ3) is 2.91. The summed E-state index contributed by atoms with van der Waals surface area (Å²) in [5.74, 6) is -1.36. The smallest absolute Gasteiger partial charge is 0.320 e. The van der Waals surface area contributed by atoms with E-state index in [9.17, 15) is 9.18 Å². The molecule has 1 unspecified atom stereocenters. The summed E-state index contributed by atoms with van der Waals surface area (Å²) in [6.07, 6.45) is 0.214. The summed E-state index contributed by atoms with van der Waals surface area (Å²) in [4.78, 5) is 10.5. The fourth-order valence-corrected chi connectivity index (χ4v) is 1.59. The van der Waals surface area contributed by atoms with Gasteiger partial charge in [-0.05, 0) is 46.7 Å². The number of hydrogen-bond acceptors (Lipinski definition) is 2. The van der Waals surface area contributed by atoms with Crippen molar-refractivity contribution in [3.8, 4) is 0 Å². The summed E-state index contributed by atoms with van der Waals surface area (Å²) in [7, 11) is 0. The SMILES string of the molecule is NC(Cc1ccc(F)c(I)c1)C(=O)O. The fourth-order valence-electron chi connectivity index (χ4n) is 1.01. The van der Waals surface area contributed by atoms with Crippen molar-refractivity contribution in [2.75, 3.05) is 0 Å². The molecule has 0 heterocycles. The standard InChI is InChI=1S/C9H9FINO2/c10-6-2-1-5(3-7(6)11)4-8(12)9(13)14/h1-3,8H,4,12H2,(H,13,14). The first-order valence-electron chi connectivity index (χ1n) is 3.93. The molecule has 0 fully saturated rings. The van der Waals surface area contributed by atoms with E-state index in [2.05, 4.69) is 0 Å². The molecule has 1 aromatic carbocycles. The Hall–Kier alpha value is -0.690. The minimum atomic E-state index is -1.05. The molecule has 1 rings (SSSR count). The molecule has 0 aliphatic rings. The Morgan fingerprint density at radius 3 is 2.79 bits per heavy atom. The maximum atomic E-state index is 12.8. The minimum absolute atomic E-state index is 0.214. The van der Waals surface area contributed by atoms with Crippen LogP contribution in [0.4, 0.5) is 4.39 Å². The van der Waals surface area contributed by atoms with Gasteiger partial charge in [-0.2, -0.15) is 0 Å². The zero-order chi connectivity index (χ0) is 10.7. The second-order valence-electron chi connectivity index (χ2n) is 2.90. The third-order valence-corrected chi connectivity index (χ3v) is 2.58. The molecule has 3 N–H and O–H groups in total. The van der Waals surface area contributed by atoms with Gasteiger partial charge in [-0.1, -0.05) is 6.07 Å². The van der Waals surface area contributed by atoms with Crippen LogP contribution in [0.3, 0.4) is 0 Å². The fraction of sp³-hybridized carbons (Fsp3) is 0.222. The highest BCUT2D eigenvalue weighted by Crippen LogP contribution is 2.13. The molecule has 0 aromatic heterocycles. The van der Waals surface area contributed by atoms with Gasteiger partial charge in [0.2, 0.25) is 0 Å². The van der Waals surface area contributed by atoms with Crippen molar-refractivity contribution in [3.63, 3.8) is 0 Å². The zero-order valence-electron chi connectivity index (χ0n) is 7.21. The van der Waals surface area contributed by atoms with Crippen LogP contribution in [0.25, 0.3) is 0 Å². The first-order chi connectivity index (χ1) is 6.50. The van der Waals surface area contributed by atoms with Crippen LogP contribution in [0.2, 0.25) is 0 Å². The van der Waals surface area contributed by atoms with E-state index in [1.54, 1.807) is 12.1 Å². The van der Waals surface area contributed by atoms with Gasteiger partial charge in [-0.3, -0.25) is 4.79 Å². The van der Waals surface area contributed by atoms with Crippen LogP contribution in [-0.2, 0) is 11.2 Å². The Bertz CT molecular complexity index is 357. The maximum Gasteiger partial charge on any atom is 0.320 e. The van der Waals surface area contributed by atoms with Gasteiger partial charge in [-0.15, -0.1) is 0 Å². The maximum absolute atomic E-state index is 12.8. The largest absolute Gasteiger partial charge is 0.480 e. The summed E-state index contributed by atoms with van der Waals surface area (Å²) in [6.45, 7) is 0. The van der Waals surface area contributed by atoms with Crippen molar-refractivity contribution >= 4 is 28.6 Å². The molecule has 3 nitrogen and oxygen atoms in total. The molecule has 5 heteroatoms. The van der Waals surface area contributed by atoms with Crippen LogP contribution in [0.15, 0.2) is 18.2 Å². The summed E-state index contributed by atoms with van der Waals surface area (Å²) < 4.78 is 13.3. The molecular formula is C9H9FINO2. The average Bonchev–Trinajstić information content (AvgIpc) is 2.11. The molecule has 1 atom stereocenters. The lowest BCUT2D eigenvalue weighted by molar-refractivity contribution is -0.138. The molecule has 76 valence electrons. The lowest BCUT2D eigenvalue weighted by Gasteiger charge is -2.06. The summed E-state index contributed by atoms with van der Waals surface area (Å²) >= 11 is 1.85. The van der Waals surface area contributed by atoms with Gasteiger partial charge in [0.1, 0.15) is 11.9 Å². The van der Waals surface area contributed by atoms with Crippen LogP contribution in [-0.4, -0.2) is 17.1 Å². The molecule has 0 radical (unpaired) electrons. The van der Waals surface area contributed by atoms with Crippen molar-refractivity contribution in [1.82, 2.24) is 0 Å². The van der Waals surface area contributed by atoms with Gasteiger partial charge >= 0.3 is 5.97 Å². The topological polar surface area (TPSA) is 63.3 Å². The van der Waals surface area contributed by atoms with Crippen LogP contribution >= 0.6 is 22.6 Å². The normalized spacial score (nSPS) is 12.5. The van der Waals surface area contributed by atoms with Crippen LogP contribution in [0.1, 0.15) is 5.56 Å². The number of benzene rings is 1. The van der Waals surface area contributed by atoms with E-state index >= 15 is 0 Å². The van der Waals surface area contributed by atoms with E-state index in [4.69, 9.17) is 10.8 Å². The van der Waals surface area contributed by atoms with Gasteiger partial charge in [-0.25, -0.2) is 4.39 Å². The van der Waals surface area contributed by atoms with Crippen molar-refractivity contribution in [1.29, 1.82) is 0 Å². The van der Waals surface area contributed by atoms with E-state index in [-0.39, 0.29) is 12.2 Å². The predicted molar refractivity (Wildman–Crippen MR) is 58.4 cm³/mol. The highest BCUT2D eigenvalue weighted by Gasteiger charge is 2.12. The highest BCUT2D eigenvalue weighted by molar-refractivity contribution is 14.1. The molecule has 0 saturated carbocycles. The number of aliphatic carboxylic acids is 1. The summed E-state index contributed by atoms with van der Waals surface area (Å²) in [6, 6.07) is 3.52. The number of rotatable bonds is 3. The molecule has 1 aromatic rings. The lowest BCUT2D eigenvalue weighted by atomic mass is 10.1. The number of carbonyl (C=O) groups is 1. The molecule has 0 aliphatic carbocycles. The van der Waals surface area contributed by atoms with E-state index in [0.29, 0.717) is 3.57 Å². The summed E-state index contributed by atoms with van der Waals surface area (Å²) in [5.41, 5.74) is 6.07. The van der Waals surface area contributed by atoms with Crippen molar-refractivity contribution < 1.29 is 14.3 Å². The average molecular weight is 309 g/mol. The van der Waals surface area contributed by atoms with Crippen molar-refractivity contribution in [2.45, 2.75) is 12.5 Å². The molecular weight excluding hydrogens is 300 g/mol. The third-order valence-electron chi connectivity index (χ3n) is 1.76. The highest BCUT2D eigenvalue weighted by atomic mass is 127. The Morgan fingerprint density at radius 2 is 2.29 bits per heavy atom. The van der Waals surface area contributed by atoms with Crippen molar-refractivity contribution in [3.05, 3.63) is 33.1 Å². The van der Waals surface area contributed by atoms with Crippen LogP contribution in [0.5, 0.6) is 0 Å².